The molecule has 2 aromatic rings. The number of halogens is 1. The van der Waals surface area contributed by atoms with Crippen LogP contribution in [0.1, 0.15) is 19.4 Å². The van der Waals surface area contributed by atoms with E-state index in [1.807, 2.05) is 26.1 Å². The van der Waals surface area contributed by atoms with Gasteiger partial charge >= 0.3 is 0 Å². The summed E-state index contributed by atoms with van der Waals surface area (Å²) in [7, 11) is 0. The lowest BCUT2D eigenvalue weighted by Gasteiger charge is -2.15. The lowest BCUT2D eigenvalue weighted by atomic mass is 10.2. The smallest absolute Gasteiger partial charge is 0.246 e. The third kappa shape index (κ3) is 3.98. The molecule has 0 bridgehead atoms. The topological polar surface area (TPSA) is 59.0 Å². The summed E-state index contributed by atoms with van der Waals surface area (Å²) in [4.78, 5) is 12.2. The minimum Gasteiger partial charge on any atom is -0.371 e. The van der Waals surface area contributed by atoms with Gasteiger partial charge in [-0.25, -0.2) is 0 Å². The van der Waals surface area contributed by atoms with Gasteiger partial charge in [0.25, 0.3) is 0 Å². The Morgan fingerprint density at radius 3 is 2.90 bits per heavy atom. The number of carbonyl (C=O) groups excluding carboxylic acids is 1. The third-order valence-corrected chi connectivity index (χ3v) is 3.43. The van der Waals surface area contributed by atoms with Crippen LogP contribution < -0.4 is 10.6 Å². The van der Waals surface area contributed by atoms with E-state index in [4.69, 9.17) is 11.6 Å². The normalized spacial score (nSPS) is 12.0. The van der Waals surface area contributed by atoms with E-state index in [2.05, 4.69) is 15.7 Å². The Morgan fingerprint density at radius 2 is 2.24 bits per heavy atom. The Hall–Kier alpha value is -2.01. The van der Waals surface area contributed by atoms with Crippen LogP contribution in [0.5, 0.6) is 0 Å². The molecule has 0 radical (unpaired) electrons. The van der Waals surface area contributed by atoms with E-state index in [-0.39, 0.29) is 11.9 Å². The van der Waals surface area contributed by atoms with Gasteiger partial charge in [0, 0.05) is 23.5 Å². The van der Waals surface area contributed by atoms with Crippen LogP contribution in [-0.4, -0.2) is 21.7 Å². The number of amides is 1. The summed E-state index contributed by atoms with van der Waals surface area (Å²) in [6, 6.07) is 5.04. The Morgan fingerprint density at radius 1 is 1.48 bits per heavy atom. The average Bonchev–Trinajstić information content (AvgIpc) is 2.90. The van der Waals surface area contributed by atoms with E-state index in [1.165, 1.54) is 0 Å². The number of nitrogens with zero attached hydrogens (tertiary/aromatic N) is 2. The number of hydrogen-bond donors (Lipinski definition) is 2. The molecular formula is C15H19ClN4O. The molecule has 1 amide bonds. The zero-order valence-corrected chi connectivity index (χ0v) is 13.1. The highest BCUT2D eigenvalue weighted by Crippen LogP contribution is 2.20. The van der Waals surface area contributed by atoms with Crippen LogP contribution in [0, 0.1) is 6.92 Å². The maximum absolute atomic E-state index is 12.2. The second-order valence-corrected chi connectivity index (χ2v) is 5.34. The van der Waals surface area contributed by atoms with E-state index in [1.54, 1.807) is 29.9 Å². The molecule has 0 fully saturated rings. The van der Waals surface area contributed by atoms with Crippen LogP contribution in [0.15, 0.2) is 30.6 Å². The van der Waals surface area contributed by atoms with Crippen LogP contribution in [-0.2, 0) is 11.3 Å². The van der Waals surface area contributed by atoms with E-state index >= 15 is 0 Å². The minimum atomic E-state index is -0.377. The molecule has 1 aromatic carbocycles. The molecule has 0 aliphatic rings. The van der Waals surface area contributed by atoms with Gasteiger partial charge in [-0.15, -0.1) is 0 Å². The van der Waals surface area contributed by atoms with Crippen LogP contribution in [0.2, 0.25) is 5.02 Å². The highest BCUT2D eigenvalue weighted by atomic mass is 35.5. The monoisotopic (exact) mass is 306 g/mol. The predicted octanol–water partition coefficient (Wildman–Crippen LogP) is 3.30. The van der Waals surface area contributed by atoms with Crippen molar-refractivity contribution in [1.82, 2.24) is 9.78 Å². The van der Waals surface area contributed by atoms with Crippen molar-refractivity contribution >= 4 is 28.9 Å². The van der Waals surface area contributed by atoms with Crippen molar-refractivity contribution in [3.05, 3.63) is 41.2 Å². The van der Waals surface area contributed by atoms with Gasteiger partial charge in [0.15, 0.2) is 0 Å². The van der Waals surface area contributed by atoms with E-state index in [9.17, 15) is 4.79 Å². The Labute approximate surface area is 129 Å². The molecule has 0 aliphatic carbocycles. The number of anilines is 2. The summed E-state index contributed by atoms with van der Waals surface area (Å²) in [5.74, 6) is -0.121. The molecule has 2 N–H and O–H groups in total. The molecule has 1 heterocycles. The standard InChI is InChI=1S/C15H19ClN4O/c1-4-20-9-13(8-17-20)18-11(3)15(21)19-14-7-12(16)6-5-10(14)2/h5-9,11,18H,4H2,1-3H3,(H,19,21). The molecule has 0 spiro atoms. The van der Waals surface area contributed by atoms with Gasteiger partial charge in [0.1, 0.15) is 6.04 Å². The summed E-state index contributed by atoms with van der Waals surface area (Å²) in [5, 5.41) is 10.8. The van der Waals surface area contributed by atoms with Crippen LogP contribution in [0.25, 0.3) is 0 Å². The van der Waals surface area contributed by atoms with Gasteiger partial charge in [-0.3, -0.25) is 9.48 Å². The summed E-state index contributed by atoms with van der Waals surface area (Å²) < 4.78 is 1.80. The predicted molar refractivity (Wildman–Crippen MR) is 85.8 cm³/mol. The molecule has 2 rings (SSSR count). The zero-order valence-electron chi connectivity index (χ0n) is 12.4. The maximum Gasteiger partial charge on any atom is 0.246 e. The van der Waals surface area contributed by atoms with Gasteiger partial charge in [-0.2, -0.15) is 5.10 Å². The molecule has 1 unspecified atom stereocenters. The number of carbonyl (C=O) groups is 1. The summed E-state index contributed by atoms with van der Waals surface area (Å²) >= 11 is 5.95. The highest BCUT2D eigenvalue weighted by molar-refractivity contribution is 6.31. The van der Waals surface area contributed by atoms with Crippen molar-refractivity contribution < 1.29 is 4.79 Å². The van der Waals surface area contributed by atoms with Crippen LogP contribution >= 0.6 is 11.6 Å². The van der Waals surface area contributed by atoms with Gasteiger partial charge in [-0.1, -0.05) is 17.7 Å². The number of aryl methyl sites for hydroxylation is 2. The molecule has 6 heteroatoms. The molecule has 0 saturated heterocycles. The van der Waals surface area contributed by atoms with Crippen molar-refractivity contribution in [2.75, 3.05) is 10.6 Å². The summed E-state index contributed by atoms with van der Waals surface area (Å²) in [6.07, 6.45) is 3.58. The second-order valence-electron chi connectivity index (χ2n) is 4.90. The van der Waals surface area contributed by atoms with Gasteiger partial charge in [0.05, 0.1) is 11.9 Å². The van der Waals surface area contributed by atoms with Gasteiger partial charge in [-0.05, 0) is 38.5 Å². The quantitative estimate of drug-likeness (QED) is 0.891. The Bertz CT molecular complexity index is 638. The first-order valence-electron chi connectivity index (χ1n) is 6.85. The number of nitrogens with one attached hydrogen (secondary N) is 2. The van der Waals surface area contributed by atoms with Crippen molar-refractivity contribution in [2.45, 2.75) is 33.4 Å². The fourth-order valence-electron chi connectivity index (χ4n) is 1.90. The first-order chi connectivity index (χ1) is 9.99. The largest absolute Gasteiger partial charge is 0.371 e. The van der Waals surface area contributed by atoms with E-state index in [0.29, 0.717) is 5.02 Å². The Balaban J connectivity index is 2.00. The van der Waals surface area contributed by atoms with Crippen molar-refractivity contribution in [3.8, 4) is 0 Å². The molecule has 0 aliphatic heterocycles. The molecule has 21 heavy (non-hydrogen) atoms. The number of aromatic nitrogens is 2. The first kappa shape index (κ1) is 15.4. The van der Waals surface area contributed by atoms with E-state index in [0.717, 1.165) is 23.5 Å². The van der Waals surface area contributed by atoms with Crippen molar-refractivity contribution in [1.29, 1.82) is 0 Å². The lowest BCUT2D eigenvalue weighted by molar-refractivity contribution is -0.116. The minimum absolute atomic E-state index is 0.121. The fraction of sp³-hybridized carbons (Fsp3) is 0.333. The number of rotatable bonds is 5. The molecule has 0 saturated carbocycles. The fourth-order valence-corrected chi connectivity index (χ4v) is 2.07. The molecule has 1 aromatic heterocycles. The number of benzene rings is 1. The Kier molecular flexibility index (Phi) is 4.85. The van der Waals surface area contributed by atoms with Crippen molar-refractivity contribution in [3.63, 3.8) is 0 Å². The first-order valence-corrected chi connectivity index (χ1v) is 7.23. The van der Waals surface area contributed by atoms with Crippen LogP contribution in [0.4, 0.5) is 11.4 Å². The number of hydrogen-bond acceptors (Lipinski definition) is 3. The van der Waals surface area contributed by atoms with Crippen LogP contribution in [0.3, 0.4) is 0 Å². The molecular weight excluding hydrogens is 288 g/mol. The maximum atomic E-state index is 12.2. The second kappa shape index (κ2) is 6.63. The van der Waals surface area contributed by atoms with Crippen molar-refractivity contribution in [2.24, 2.45) is 0 Å². The molecule has 112 valence electrons. The lowest BCUT2D eigenvalue weighted by Crippen LogP contribution is -2.32. The summed E-state index contributed by atoms with van der Waals surface area (Å²) in [5.41, 5.74) is 2.52. The average molecular weight is 307 g/mol. The van der Waals surface area contributed by atoms with Gasteiger partial charge < -0.3 is 10.6 Å². The SMILES string of the molecule is CCn1cc(NC(C)C(=O)Nc2cc(Cl)ccc2C)cn1. The third-order valence-electron chi connectivity index (χ3n) is 3.19. The van der Waals surface area contributed by atoms with E-state index < -0.39 is 0 Å². The highest BCUT2D eigenvalue weighted by Gasteiger charge is 2.14. The summed E-state index contributed by atoms with van der Waals surface area (Å²) in [6.45, 7) is 6.53. The molecule has 5 nitrogen and oxygen atoms in total. The van der Waals surface area contributed by atoms with Gasteiger partial charge in [0.2, 0.25) is 5.91 Å². The molecule has 1 atom stereocenters. The zero-order chi connectivity index (χ0) is 15.4.